The normalized spacial score (nSPS) is 20.8. The minimum absolute atomic E-state index is 0.0361. The van der Waals surface area contributed by atoms with E-state index in [9.17, 15) is 35.9 Å². The monoisotopic (exact) mass is 484 g/mol. The fraction of sp³-hybridized carbons (Fsp3) is 0.417. The van der Waals surface area contributed by atoms with Gasteiger partial charge in [-0.15, -0.1) is 0 Å². The first kappa shape index (κ1) is 24.1. The van der Waals surface area contributed by atoms with Crippen molar-refractivity contribution in [1.82, 2.24) is 10.2 Å². The summed E-state index contributed by atoms with van der Waals surface area (Å²) in [6, 6.07) is 4.63. The van der Waals surface area contributed by atoms with Gasteiger partial charge in [0.15, 0.2) is 0 Å². The van der Waals surface area contributed by atoms with Crippen molar-refractivity contribution in [1.29, 1.82) is 0 Å². The lowest BCUT2D eigenvalue weighted by molar-refractivity contribution is -0.143. The summed E-state index contributed by atoms with van der Waals surface area (Å²) >= 11 is 0. The largest absolute Gasteiger partial charge is 0.416 e. The number of likely N-dealkylation sites (N-methyl/N-ethyl adjacent to an activating group) is 1. The number of carbonyl (C=O) groups is 2. The van der Waals surface area contributed by atoms with Gasteiger partial charge in [-0.05, 0) is 61.1 Å². The van der Waals surface area contributed by atoms with Crippen molar-refractivity contribution in [2.75, 3.05) is 13.6 Å². The van der Waals surface area contributed by atoms with E-state index in [1.54, 1.807) is 19.1 Å². The van der Waals surface area contributed by atoms with Gasteiger partial charge in [0.2, 0.25) is 5.91 Å². The van der Waals surface area contributed by atoms with Gasteiger partial charge in [0.05, 0.1) is 23.1 Å². The average molecular weight is 484 g/mol. The van der Waals surface area contributed by atoms with Crippen LogP contribution in [0.15, 0.2) is 36.4 Å². The molecule has 2 atom stereocenters. The van der Waals surface area contributed by atoms with Gasteiger partial charge < -0.3 is 10.2 Å². The van der Waals surface area contributed by atoms with Crippen LogP contribution in [0.1, 0.15) is 63.0 Å². The molecule has 1 saturated carbocycles. The van der Waals surface area contributed by atoms with Crippen molar-refractivity contribution in [2.45, 2.75) is 44.1 Å². The average Bonchev–Trinajstić information content (AvgIpc) is 3.57. The second kappa shape index (κ2) is 8.32. The zero-order valence-corrected chi connectivity index (χ0v) is 18.3. The summed E-state index contributed by atoms with van der Waals surface area (Å²) in [5.74, 6) is -2.01. The molecule has 0 radical (unpaired) electrons. The molecule has 2 amide bonds. The lowest BCUT2D eigenvalue weighted by Gasteiger charge is -2.40. The number of rotatable bonds is 4. The second-order valence-corrected chi connectivity index (χ2v) is 8.96. The van der Waals surface area contributed by atoms with Gasteiger partial charge in [0.25, 0.3) is 5.91 Å². The van der Waals surface area contributed by atoms with Crippen LogP contribution >= 0.6 is 0 Å². The van der Waals surface area contributed by atoms with Crippen LogP contribution in [0.4, 0.5) is 26.3 Å². The van der Waals surface area contributed by atoms with E-state index in [1.807, 2.05) is 0 Å². The second-order valence-electron chi connectivity index (χ2n) is 8.96. The first-order chi connectivity index (χ1) is 15.8. The number of amides is 2. The van der Waals surface area contributed by atoms with E-state index < -0.39 is 52.8 Å². The number of benzene rings is 2. The van der Waals surface area contributed by atoms with Crippen LogP contribution in [-0.2, 0) is 17.1 Å². The number of hydrogen-bond acceptors (Lipinski definition) is 2. The molecule has 2 aliphatic rings. The van der Waals surface area contributed by atoms with E-state index in [-0.39, 0.29) is 17.2 Å². The Hall–Kier alpha value is -3.04. The number of nitrogens with one attached hydrogen (secondary N) is 1. The highest BCUT2D eigenvalue weighted by molar-refractivity contribution is 6.01. The van der Waals surface area contributed by atoms with Crippen molar-refractivity contribution < 1.29 is 35.9 Å². The van der Waals surface area contributed by atoms with Crippen LogP contribution in [0.3, 0.4) is 0 Å². The van der Waals surface area contributed by atoms with E-state index in [0.29, 0.717) is 30.2 Å². The topological polar surface area (TPSA) is 49.4 Å². The maximum absolute atomic E-state index is 13.5. The van der Waals surface area contributed by atoms with Gasteiger partial charge in [-0.25, -0.2) is 0 Å². The molecular weight excluding hydrogens is 462 g/mol. The van der Waals surface area contributed by atoms with Gasteiger partial charge in [-0.2, -0.15) is 26.3 Å². The van der Waals surface area contributed by atoms with E-state index >= 15 is 0 Å². The maximum Gasteiger partial charge on any atom is 0.416 e. The molecule has 0 saturated heterocycles. The van der Waals surface area contributed by atoms with Crippen LogP contribution in [0, 0.1) is 12.8 Å². The van der Waals surface area contributed by atoms with Gasteiger partial charge in [0, 0.05) is 19.2 Å². The summed E-state index contributed by atoms with van der Waals surface area (Å²) in [4.78, 5) is 27.4. The molecule has 2 unspecified atom stereocenters. The van der Waals surface area contributed by atoms with Gasteiger partial charge >= 0.3 is 12.4 Å². The molecule has 4 nitrogen and oxygen atoms in total. The third kappa shape index (κ3) is 4.63. The first-order valence-corrected chi connectivity index (χ1v) is 10.7. The molecule has 34 heavy (non-hydrogen) atoms. The molecule has 1 aliphatic heterocycles. The highest BCUT2D eigenvalue weighted by Gasteiger charge is 2.45. The van der Waals surface area contributed by atoms with Crippen molar-refractivity contribution in [3.05, 3.63) is 69.8 Å². The standard InChI is InChI=1S/C24H22F6N2O2/c1-12-3-6-17-18(7-12)19(21(33)31-11-13-4-5-13)20(32(2)22(17)34)14-8-15(23(25,26)27)10-16(9-14)24(28,29)30/h3,6-10,13,19-20H,4-5,11H2,1-2H3,(H,31,33). The van der Waals surface area contributed by atoms with Crippen molar-refractivity contribution in [3.8, 4) is 0 Å². The molecule has 2 aromatic carbocycles. The van der Waals surface area contributed by atoms with Crippen molar-refractivity contribution in [2.24, 2.45) is 5.92 Å². The number of aryl methyl sites for hydroxylation is 1. The Labute approximate surface area is 191 Å². The van der Waals surface area contributed by atoms with E-state index in [1.165, 1.54) is 13.1 Å². The zero-order chi connectivity index (χ0) is 25.0. The Bertz CT molecular complexity index is 1110. The van der Waals surface area contributed by atoms with Crippen LogP contribution in [0.2, 0.25) is 0 Å². The Morgan fingerprint density at radius 1 is 1.00 bits per heavy atom. The van der Waals surface area contributed by atoms with Crippen LogP contribution in [0.25, 0.3) is 0 Å². The number of nitrogens with zero attached hydrogens (tertiary/aromatic N) is 1. The summed E-state index contributed by atoms with van der Waals surface area (Å²) in [5, 5.41) is 2.78. The van der Waals surface area contributed by atoms with Crippen molar-refractivity contribution >= 4 is 11.8 Å². The third-order valence-corrected chi connectivity index (χ3v) is 6.32. The maximum atomic E-state index is 13.5. The molecular formula is C24H22F6N2O2. The minimum Gasteiger partial charge on any atom is -0.355 e. The third-order valence-electron chi connectivity index (χ3n) is 6.32. The lowest BCUT2D eigenvalue weighted by Crippen LogP contribution is -2.46. The first-order valence-electron chi connectivity index (χ1n) is 10.7. The molecule has 0 bridgehead atoms. The van der Waals surface area contributed by atoms with Crippen LogP contribution in [0.5, 0.6) is 0 Å². The fourth-order valence-electron chi connectivity index (χ4n) is 4.37. The fourth-order valence-corrected chi connectivity index (χ4v) is 4.37. The number of alkyl halides is 6. The predicted molar refractivity (Wildman–Crippen MR) is 111 cm³/mol. The molecule has 2 aromatic rings. The highest BCUT2D eigenvalue weighted by atomic mass is 19.4. The molecule has 0 spiro atoms. The summed E-state index contributed by atoms with van der Waals surface area (Å²) < 4.78 is 81.1. The highest BCUT2D eigenvalue weighted by Crippen LogP contribution is 2.45. The molecule has 1 fully saturated rings. The Morgan fingerprint density at radius 3 is 2.12 bits per heavy atom. The number of hydrogen-bond donors (Lipinski definition) is 1. The summed E-state index contributed by atoms with van der Waals surface area (Å²) in [7, 11) is 1.28. The quantitative estimate of drug-likeness (QED) is 0.586. The molecule has 182 valence electrons. The molecule has 1 heterocycles. The number of carbonyl (C=O) groups excluding carboxylic acids is 2. The van der Waals surface area contributed by atoms with Gasteiger partial charge in [-0.3, -0.25) is 9.59 Å². The lowest BCUT2D eigenvalue weighted by atomic mass is 9.78. The summed E-state index contributed by atoms with van der Waals surface area (Å²) in [6.45, 7) is 2.08. The predicted octanol–water partition coefficient (Wildman–Crippen LogP) is 5.47. The number of fused-ring (bicyclic) bond motifs is 1. The smallest absolute Gasteiger partial charge is 0.355 e. The molecule has 4 rings (SSSR count). The Morgan fingerprint density at radius 2 is 1.59 bits per heavy atom. The van der Waals surface area contributed by atoms with Gasteiger partial charge in [-0.1, -0.05) is 17.7 Å². The summed E-state index contributed by atoms with van der Waals surface area (Å²) in [6.07, 6.45) is -8.23. The Balaban J connectivity index is 1.90. The Kier molecular flexibility index (Phi) is 5.90. The van der Waals surface area contributed by atoms with Crippen LogP contribution < -0.4 is 5.32 Å². The van der Waals surface area contributed by atoms with Gasteiger partial charge in [0.1, 0.15) is 0 Å². The van der Waals surface area contributed by atoms with E-state index in [0.717, 1.165) is 17.7 Å². The zero-order valence-electron chi connectivity index (χ0n) is 18.3. The van der Waals surface area contributed by atoms with E-state index in [2.05, 4.69) is 5.32 Å². The van der Waals surface area contributed by atoms with E-state index in [4.69, 9.17) is 0 Å². The van der Waals surface area contributed by atoms with Crippen LogP contribution in [-0.4, -0.2) is 30.3 Å². The molecule has 1 N–H and O–H groups in total. The number of halogens is 6. The summed E-state index contributed by atoms with van der Waals surface area (Å²) in [5.41, 5.74) is -2.21. The molecule has 0 aromatic heterocycles. The minimum atomic E-state index is -5.05. The SMILES string of the molecule is Cc1ccc2c(c1)C(C(=O)NCC1CC1)C(c1cc(C(F)(F)F)cc(C(F)(F)F)c1)N(C)C2=O. The molecule has 1 aliphatic carbocycles. The van der Waals surface area contributed by atoms with Crippen molar-refractivity contribution in [3.63, 3.8) is 0 Å². The molecule has 10 heteroatoms.